The molecule has 2 N–H and O–H groups in total. The lowest BCUT2D eigenvalue weighted by atomic mass is 9.59. The summed E-state index contributed by atoms with van der Waals surface area (Å²) in [4.78, 5) is 29.6. The second-order valence-electron chi connectivity index (χ2n) is 14.2. The first-order chi connectivity index (χ1) is 24.0. The van der Waals surface area contributed by atoms with Crippen LogP contribution in [0.1, 0.15) is 109 Å². The fourth-order valence-corrected chi connectivity index (χ4v) is 9.38. The first-order valence-electron chi connectivity index (χ1n) is 17.8. The predicted octanol–water partition coefficient (Wildman–Crippen LogP) is 6.50. The van der Waals surface area contributed by atoms with Crippen molar-refractivity contribution < 1.29 is 48.0 Å². The number of benzene rings is 2. The highest BCUT2D eigenvalue weighted by molar-refractivity contribution is 6.28. The minimum Gasteiger partial charge on any atom is -0.506 e. The van der Waals surface area contributed by atoms with Gasteiger partial charge in [-0.1, -0.05) is 45.3 Å². The maximum absolute atomic E-state index is 15.0. The van der Waals surface area contributed by atoms with E-state index in [1.165, 1.54) is 14.2 Å². The van der Waals surface area contributed by atoms with Gasteiger partial charge in [0.25, 0.3) is 5.88 Å². The molecular formula is C39H47NO10. The summed E-state index contributed by atoms with van der Waals surface area (Å²) in [5, 5.41) is 30.1. The highest BCUT2D eigenvalue weighted by atomic mass is 16.7. The molecule has 1 unspecified atom stereocenters. The van der Waals surface area contributed by atoms with Crippen molar-refractivity contribution in [1.82, 2.24) is 5.16 Å². The fourth-order valence-electron chi connectivity index (χ4n) is 9.38. The molecule has 50 heavy (non-hydrogen) atoms. The summed E-state index contributed by atoms with van der Waals surface area (Å²) in [7, 11) is 4.47. The number of unbranched alkanes of at least 4 members (excludes halogenated alkanes) is 2. The highest BCUT2D eigenvalue weighted by Crippen LogP contribution is 2.65. The summed E-state index contributed by atoms with van der Waals surface area (Å²) in [6.45, 7) is 9.05. The topological polar surface area (TPSA) is 147 Å². The molecule has 11 heteroatoms. The molecule has 268 valence electrons. The molecule has 0 radical (unpaired) electrons. The number of aromatic hydroxyl groups is 1. The van der Waals surface area contributed by atoms with Crippen molar-refractivity contribution in [2.75, 3.05) is 34.5 Å². The summed E-state index contributed by atoms with van der Waals surface area (Å²) in [5.74, 6) is -4.23. The summed E-state index contributed by atoms with van der Waals surface area (Å²) in [5.41, 5.74) is -0.476. The Morgan fingerprint density at radius 3 is 2.28 bits per heavy atom. The number of methoxy groups -OCH3 is 3. The molecule has 11 nitrogen and oxygen atoms in total. The van der Waals surface area contributed by atoms with E-state index in [-0.39, 0.29) is 41.7 Å². The number of Topliss-reactive ketones (excluding diaryl/α,β-unsaturated/α-hetero) is 2. The normalized spacial score (nSPS) is 26.1. The molecule has 4 aliphatic rings. The molecule has 0 bridgehead atoms. The van der Waals surface area contributed by atoms with Gasteiger partial charge in [-0.05, 0) is 55.7 Å². The number of aromatic nitrogens is 1. The van der Waals surface area contributed by atoms with Crippen LogP contribution in [0, 0.1) is 11.8 Å². The van der Waals surface area contributed by atoms with Gasteiger partial charge in [-0.2, -0.15) is 0 Å². The monoisotopic (exact) mass is 689 g/mol. The molecule has 0 amide bonds. The Kier molecular flexibility index (Phi) is 8.55. The van der Waals surface area contributed by atoms with Gasteiger partial charge in [0.05, 0.1) is 37.2 Å². The number of hydrogen-bond acceptors (Lipinski definition) is 11. The van der Waals surface area contributed by atoms with Gasteiger partial charge in [-0.25, -0.2) is 0 Å². The second-order valence-corrected chi connectivity index (χ2v) is 14.2. The number of phenolic OH excluding ortho intramolecular Hbond substituents is 1. The number of allylic oxidation sites excluding steroid dienone is 2. The van der Waals surface area contributed by atoms with Crippen molar-refractivity contribution in [2.45, 2.75) is 95.9 Å². The lowest BCUT2D eigenvalue weighted by Gasteiger charge is -2.51. The van der Waals surface area contributed by atoms with Crippen molar-refractivity contribution in [1.29, 1.82) is 0 Å². The van der Waals surface area contributed by atoms with Crippen LogP contribution in [0.25, 0.3) is 10.8 Å². The molecule has 2 aromatic carbocycles. The van der Waals surface area contributed by atoms with Crippen LogP contribution in [0.15, 0.2) is 22.2 Å². The van der Waals surface area contributed by atoms with Crippen LogP contribution in [0.3, 0.4) is 0 Å². The molecule has 7 rings (SSSR count). The minimum absolute atomic E-state index is 0.0791. The van der Waals surface area contributed by atoms with Crippen LogP contribution in [0.2, 0.25) is 0 Å². The molecule has 0 saturated heterocycles. The average molecular weight is 690 g/mol. The Bertz CT molecular complexity index is 1920. The number of carbonyl (C=O) groups excluding carboxylic acids is 2. The molecule has 3 aromatic rings. The van der Waals surface area contributed by atoms with Crippen LogP contribution >= 0.6 is 0 Å². The van der Waals surface area contributed by atoms with Gasteiger partial charge in [0.1, 0.15) is 22.8 Å². The van der Waals surface area contributed by atoms with Gasteiger partial charge in [0.2, 0.25) is 17.4 Å². The summed E-state index contributed by atoms with van der Waals surface area (Å²) < 4.78 is 36.5. The second kappa shape index (κ2) is 12.4. The summed E-state index contributed by atoms with van der Waals surface area (Å²) >= 11 is 0. The van der Waals surface area contributed by atoms with Gasteiger partial charge in [-0.15, -0.1) is 0 Å². The van der Waals surface area contributed by atoms with Crippen LogP contribution in [0.5, 0.6) is 23.1 Å². The van der Waals surface area contributed by atoms with Crippen LogP contribution in [0.4, 0.5) is 0 Å². The Balaban J connectivity index is 1.56. The first kappa shape index (κ1) is 34.5. The predicted molar refractivity (Wildman–Crippen MR) is 184 cm³/mol. The molecule has 4 atom stereocenters. The number of ether oxygens (including phenoxy) is 5. The minimum atomic E-state index is -2.71. The highest BCUT2D eigenvalue weighted by Gasteiger charge is 2.70. The fraction of sp³-hybridized carbons (Fsp3) is 0.564. The Labute approximate surface area is 291 Å². The number of aliphatic hydroxyl groups is 1. The van der Waals surface area contributed by atoms with E-state index in [1.54, 1.807) is 13.2 Å². The number of hydrogen-bond donors (Lipinski definition) is 2. The van der Waals surface area contributed by atoms with Crippen LogP contribution in [-0.2, 0) is 33.5 Å². The summed E-state index contributed by atoms with van der Waals surface area (Å²) in [6, 6.07) is 1.80. The molecule has 0 aliphatic heterocycles. The number of carbonyl (C=O) groups is 2. The SMILES string of the molecule is CCCCOc1noc2c1C(=O)[C@@]1(O)C(=O)c3c(c4c5c(c(OC)cc(OCCCC)c5c3O)[C@]3(C4)C(C)=CCCC3C)C(OC)(OC)[C@H]1C2. The quantitative estimate of drug-likeness (QED) is 0.0985. The molecule has 1 spiro atoms. The van der Waals surface area contributed by atoms with E-state index in [4.69, 9.17) is 28.2 Å². The Hall–Kier alpha value is -3.93. The van der Waals surface area contributed by atoms with Gasteiger partial charge >= 0.3 is 0 Å². The number of rotatable bonds is 11. The van der Waals surface area contributed by atoms with Crippen molar-refractivity contribution in [3.63, 3.8) is 0 Å². The molecule has 1 aromatic heterocycles. The van der Waals surface area contributed by atoms with Crippen molar-refractivity contribution in [3.05, 3.63) is 51.3 Å². The molecule has 0 saturated carbocycles. The van der Waals surface area contributed by atoms with Gasteiger partial charge in [-0.3, -0.25) is 9.59 Å². The van der Waals surface area contributed by atoms with Gasteiger partial charge in [0, 0.05) is 48.6 Å². The third kappa shape index (κ3) is 4.29. The number of ketones is 2. The zero-order valence-corrected chi connectivity index (χ0v) is 30.0. The Morgan fingerprint density at radius 1 is 0.960 bits per heavy atom. The first-order valence-corrected chi connectivity index (χ1v) is 17.8. The van der Waals surface area contributed by atoms with E-state index in [2.05, 4.69) is 32.0 Å². The Morgan fingerprint density at radius 2 is 1.64 bits per heavy atom. The molecular weight excluding hydrogens is 642 g/mol. The maximum atomic E-state index is 15.0. The van der Waals surface area contributed by atoms with Crippen LogP contribution in [-0.4, -0.2) is 67.1 Å². The van der Waals surface area contributed by atoms with Crippen molar-refractivity contribution in [3.8, 4) is 23.1 Å². The zero-order valence-electron chi connectivity index (χ0n) is 30.0. The third-order valence-electron chi connectivity index (χ3n) is 12.0. The van der Waals surface area contributed by atoms with E-state index in [0.29, 0.717) is 47.3 Å². The summed E-state index contributed by atoms with van der Waals surface area (Å²) in [6.07, 6.45) is 7.64. The van der Waals surface area contributed by atoms with E-state index in [0.717, 1.165) is 48.8 Å². The maximum Gasteiger partial charge on any atom is 0.265 e. The van der Waals surface area contributed by atoms with Gasteiger partial charge < -0.3 is 38.4 Å². The molecule has 0 fully saturated rings. The van der Waals surface area contributed by atoms with E-state index >= 15 is 4.79 Å². The number of fused-ring (bicyclic) bond motifs is 5. The van der Waals surface area contributed by atoms with E-state index in [9.17, 15) is 15.0 Å². The molecule has 4 aliphatic carbocycles. The lowest BCUT2D eigenvalue weighted by molar-refractivity contribution is -0.275. The smallest absolute Gasteiger partial charge is 0.265 e. The lowest BCUT2D eigenvalue weighted by Crippen LogP contribution is -2.66. The number of phenols is 1. The van der Waals surface area contributed by atoms with Crippen LogP contribution < -0.4 is 14.2 Å². The average Bonchev–Trinajstić information content (AvgIpc) is 3.68. The largest absolute Gasteiger partial charge is 0.506 e. The van der Waals surface area contributed by atoms with E-state index < -0.39 is 40.0 Å². The van der Waals surface area contributed by atoms with Gasteiger partial charge in [0.15, 0.2) is 11.4 Å². The third-order valence-corrected chi connectivity index (χ3v) is 12.0. The molecule has 1 heterocycles. The zero-order chi connectivity index (χ0) is 35.7. The van der Waals surface area contributed by atoms with E-state index in [1.807, 2.05) is 6.92 Å². The standard InChI is InChI=1S/C39H47NO10/c1-8-10-15-48-23-17-25(45-5)32-27-22(19-37(32)20(3)13-12-14-21(37)4)31-30(33(41)28(23)27)35(43)38(44)26(39(31,46-6)47-7)18-24-29(34(38)42)36(40-50-24)49-16-11-9-2/h13,17,21,26,41,44H,8-12,14-16,18-19H2,1-7H3/t21?,26-,37+,38+/m0/s1. The van der Waals surface area contributed by atoms with Crippen molar-refractivity contribution >= 4 is 22.3 Å². The van der Waals surface area contributed by atoms with Crippen molar-refractivity contribution in [2.24, 2.45) is 11.8 Å². The number of nitrogens with zero attached hydrogens (tertiary/aromatic N) is 1.